The number of amides is 3. The van der Waals surface area contributed by atoms with Crippen LogP contribution in [0.2, 0.25) is 0 Å². The Bertz CT molecular complexity index is 1640. The van der Waals surface area contributed by atoms with Crippen LogP contribution in [0.15, 0.2) is 72.9 Å². The lowest BCUT2D eigenvalue weighted by Crippen LogP contribution is -2.53. The number of anilines is 2. The van der Waals surface area contributed by atoms with Gasteiger partial charge in [-0.1, -0.05) is 48.0 Å². The summed E-state index contributed by atoms with van der Waals surface area (Å²) in [7, 11) is 0. The highest BCUT2D eigenvalue weighted by molar-refractivity contribution is 6.25. The molecule has 7 heteroatoms. The van der Waals surface area contributed by atoms with Crippen molar-refractivity contribution in [2.24, 2.45) is 11.8 Å². The van der Waals surface area contributed by atoms with Gasteiger partial charge in [0.15, 0.2) is 0 Å². The molecule has 3 aliphatic rings. The Hall–Kier alpha value is -4.23. The minimum absolute atomic E-state index is 0.260. The summed E-state index contributed by atoms with van der Waals surface area (Å²) >= 11 is 0. The molecule has 2 unspecified atom stereocenters. The van der Waals surface area contributed by atoms with E-state index in [2.05, 4.69) is 15.6 Å². The molecule has 3 aromatic carbocycles. The number of aromatic nitrogens is 1. The van der Waals surface area contributed by atoms with Crippen molar-refractivity contribution in [2.45, 2.75) is 31.8 Å². The van der Waals surface area contributed by atoms with E-state index in [1.54, 1.807) is 6.07 Å². The van der Waals surface area contributed by atoms with Crippen LogP contribution in [0.1, 0.15) is 22.3 Å². The quantitative estimate of drug-likeness (QED) is 0.379. The fourth-order valence-corrected chi connectivity index (χ4v) is 6.65. The van der Waals surface area contributed by atoms with Crippen LogP contribution in [0.3, 0.4) is 0 Å². The summed E-state index contributed by atoms with van der Waals surface area (Å²) in [5.74, 6) is -2.41. The first-order valence-corrected chi connectivity index (χ1v) is 12.6. The van der Waals surface area contributed by atoms with Crippen LogP contribution < -0.4 is 15.5 Å². The highest BCUT2D eigenvalue weighted by Crippen LogP contribution is 2.54. The third-order valence-corrected chi connectivity index (χ3v) is 8.25. The van der Waals surface area contributed by atoms with Crippen molar-refractivity contribution in [3.63, 3.8) is 0 Å². The molecule has 37 heavy (non-hydrogen) atoms. The van der Waals surface area contributed by atoms with Gasteiger partial charge in [0.05, 0.1) is 17.5 Å². The summed E-state index contributed by atoms with van der Waals surface area (Å²) in [5, 5.41) is 7.61. The molecule has 7 rings (SSSR count). The first-order valence-electron chi connectivity index (χ1n) is 12.6. The van der Waals surface area contributed by atoms with Crippen LogP contribution in [0.25, 0.3) is 10.9 Å². The molecule has 184 valence electrons. The largest absolute Gasteiger partial charge is 0.361 e. The highest BCUT2D eigenvalue weighted by Gasteiger charge is 2.70. The van der Waals surface area contributed by atoms with Gasteiger partial charge in [0.2, 0.25) is 17.7 Å². The fraction of sp³-hybridized carbons (Fsp3) is 0.233. The summed E-state index contributed by atoms with van der Waals surface area (Å²) in [4.78, 5) is 46.6. The third-order valence-electron chi connectivity index (χ3n) is 8.25. The maximum Gasteiger partial charge on any atom is 0.250 e. The number of hydrogen-bond acceptors (Lipinski definition) is 4. The Kier molecular flexibility index (Phi) is 4.54. The van der Waals surface area contributed by atoms with Gasteiger partial charge < -0.3 is 10.3 Å². The molecule has 3 aliphatic heterocycles. The Balaban J connectivity index is 1.39. The normalized spacial score (nSPS) is 26.3. The summed E-state index contributed by atoms with van der Waals surface area (Å²) in [6.07, 6.45) is 2.46. The lowest BCUT2D eigenvalue weighted by Gasteiger charge is -2.29. The predicted molar refractivity (Wildman–Crippen MR) is 141 cm³/mol. The van der Waals surface area contributed by atoms with Crippen molar-refractivity contribution in [3.8, 4) is 0 Å². The SMILES string of the molecule is Cc1cccc(N2C(=O)[C@@H]3C(Cc4c[nH]c5ccccc45)NC4(C(=O)Nc5ccc(C)cc54)[C@@H]3C2=O)c1. The number of carbonyl (C=O) groups is 3. The molecule has 2 saturated heterocycles. The van der Waals surface area contributed by atoms with E-state index >= 15 is 0 Å². The first kappa shape index (κ1) is 22.0. The van der Waals surface area contributed by atoms with E-state index in [0.29, 0.717) is 17.8 Å². The topological polar surface area (TPSA) is 94.3 Å². The van der Waals surface area contributed by atoms with Gasteiger partial charge >= 0.3 is 0 Å². The molecule has 4 atom stereocenters. The van der Waals surface area contributed by atoms with E-state index in [-0.39, 0.29) is 17.7 Å². The van der Waals surface area contributed by atoms with Gasteiger partial charge in [0, 0.05) is 34.4 Å². The minimum atomic E-state index is -1.31. The van der Waals surface area contributed by atoms with Gasteiger partial charge in [0.1, 0.15) is 5.54 Å². The molecule has 1 spiro atoms. The fourth-order valence-electron chi connectivity index (χ4n) is 6.65. The van der Waals surface area contributed by atoms with Gasteiger partial charge in [0.25, 0.3) is 0 Å². The van der Waals surface area contributed by atoms with E-state index in [0.717, 1.165) is 33.2 Å². The Morgan fingerprint density at radius 1 is 0.892 bits per heavy atom. The Labute approximate surface area is 213 Å². The molecule has 4 heterocycles. The molecular weight excluding hydrogens is 464 g/mol. The Morgan fingerprint density at radius 2 is 1.70 bits per heavy atom. The van der Waals surface area contributed by atoms with Gasteiger partial charge in [-0.15, -0.1) is 0 Å². The summed E-state index contributed by atoms with van der Waals surface area (Å²) < 4.78 is 0. The van der Waals surface area contributed by atoms with Crippen molar-refractivity contribution in [1.82, 2.24) is 10.3 Å². The van der Waals surface area contributed by atoms with Crippen LogP contribution in [0, 0.1) is 25.7 Å². The average Bonchev–Trinajstić information content (AvgIpc) is 3.58. The van der Waals surface area contributed by atoms with Gasteiger partial charge in [-0.3, -0.25) is 19.7 Å². The molecule has 4 aromatic rings. The molecule has 0 saturated carbocycles. The van der Waals surface area contributed by atoms with Gasteiger partial charge in [-0.05, 0) is 55.7 Å². The van der Waals surface area contributed by atoms with Crippen LogP contribution in [0.5, 0.6) is 0 Å². The number of imide groups is 1. The number of aryl methyl sites for hydroxylation is 2. The number of nitrogens with one attached hydrogen (secondary N) is 3. The number of nitrogens with zero attached hydrogens (tertiary/aromatic N) is 1. The predicted octanol–water partition coefficient (Wildman–Crippen LogP) is 3.95. The van der Waals surface area contributed by atoms with Crippen LogP contribution in [0.4, 0.5) is 11.4 Å². The Morgan fingerprint density at radius 3 is 2.54 bits per heavy atom. The maximum absolute atomic E-state index is 14.1. The van der Waals surface area contributed by atoms with E-state index < -0.39 is 23.4 Å². The molecule has 0 bridgehead atoms. The molecular formula is C30H26N4O3. The number of para-hydroxylation sites is 1. The summed E-state index contributed by atoms with van der Waals surface area (Å²) in [5.41, 5.74) is 4.66. The number of rotatable bonds is 3. The zero-order chi connectivity index (χ0) is 25.5. The van der Waals surface area contributed by atoms with Crippen molar-refractivity contribution in [1.29, 1.82) is 0 Å². The molecule has 0 aliphatic carbocycles. The van der Waals surface area contributed by atoms with E-state index in [9.17, 15) is 14.4 Å². The molecule has 7 nitrogen and oxygen atoms in total. The lowest BCUT2D eigenvalue weighted by atomic mass is 9.76. The smallest absolute Gasteiger partial charge is 0.250 e. The lowest BCUT2D eigenvalue weighted by molar-refractivity contribution is -0.130. The number of H-pyrrole nitrogens is 1. The zero-order valence-electron chi connectivity index (χ0n) is 20.5. The van der Waals surface area contributed by atoms with Crippen LogP contribution in [-0.2, 0) is 26.3 Å². The zero-order valence-corrected chi connectivity index (χ0v) is 20.5. The monoisotopic (exact) mass is 490 g/mol. The van der Waals surface area contributed by atoms with E-state index in [4.69, 9.17) is 0 Å². The number of fused-ring (bicyclic) bond motifs is 5. The molecule has 0 radical (unpaired) electrons. The molecule has 2 fully saturated rings. The molecule has 1 aromatic heterocycles. The first-order chi connectivity index (χ1) is 17.9. The highest BCUT2D eigenvalue weighted by atomic mass is 16.2. The molecule has 3 amide bonds. The van der Waals surface area contributed by atoms with Gasteiger partial charge in [-0.2, -0.15) is 0 Å². The third kappa shape index (κ3) is 2.95. The van der Waals surface area contributed by atoms with Crippen molar-refractivity contribution >= 4 is 40.0 Å². The standard InChI is InChI=1S/C30H26N4O3/c1-16-6-5-7-19(12-16)34-27(35)25-24(14-18-15-31-22-9-4-3-8-20(18)22)33-30(26(25)28(34)36)21-13-17(2)10-11-23(21)32-29(30)37/h3-13,15,24-26,31,33H,14H2,1-2H3,(H,32,37)/t24?,25-,26+,30?/m1/s1. The van der Waals surface area contributed by atoms with E-state index in [1.807, 2.05) is 80.7 Å². The number of carbonyl (C=O) groups excluding carboxylic acids is 3. The number of aromatic amines is 1. The average molecular weight is 491 g/mol. The number of hydrogen-bond donors (Lipinski definition) is 3. The molecule has 3 N–H and O–H groups in total. The maximum atomic E-state index is 14.1. The van der Waals surface area contributed by atoms with Crippen molar-refractivity contribution in [2.75, 3.05) is 10.2 Å². The second-order valence-electron chi connectivity index (χ2n) is 10.5. The van der Waals surface area contributed by atoms with Crippen LogP contribution in [-0.4, -0.2) is 28.7 Å². The summed E-state index contributed by atoms with van der Waals surface area (Å²) in [6.45, 7) is 3.90. The number of benzene rings is 3. The minimum Gasteiger partial charge on any atom is -0.361 e. The second-order valence-corrected chi connectivity index (χ2v) is 10.5. The van der Waals surface area contributed by atoms with Crippen molar-refractivity contribution < 1.29 is 14.4 Å². The summed E-state index contributed by atoms with van der Waals surface area (Å²) in [6, 6.07) is 20.8. The van der Waals surface area contributed by atoms with Crippen molar-refractivity contribution in [3.05, 3.63) is 95.2 Å². The van der Waals surface area contributed by atoms with Gasteiger partial charge in [-0.25, -0.2) is 4.90 Å². The van der Waals surface area contributed by atoms with E-state index in [1.165, 1.54) is 4.90 Å². The second kappa shape index (κ2) is 7.63. The van der Waals surface area contributed by atoms with Crippen LogP contribution >= 0.6 is 0 Å².